The smallest absolute Gasteiger partial charge is 0.241 e. The summed E-state index contributed by atoms with van der Waals surface area (Å²) in [5.41, 5.74) is 3.21. The summed E-state index contributed by atoms with van der Waals surface area (Å²) in [7, 11) is -3.63. The molecule has 0 fully saturated rings. The van der Waals surface area contributed by atoms with Crippen LogP contribution in [0.15, 0.2) is 42.5 Å². The molecule has 0 saturated carbocycles. The molecule has 0 heterocycles. The van der Waals surface area contributed by atoms with E-state index in [0.29, 0.717) is 16.3 Å². The van der Waals surface area contributed by atoms with Gasteiger partial charge in [-0.25, -0.2) is 8.42 Å². The standard InChI is InChI=1S/C19H23ClN2O3S/c1-13-5-7-16(8-6-13)15(3)21-19(23)12-22(26(4,24)25)18-10-9-17(20)11-14(18)2/h5-11,15H,12H2,1-4H3,(H,21,23)/t15-/m0/s1. The van der Waals surface area contributed by atoms with Gasteiger partial charge in [-0.2, -0.15) is 0 Å². The van der Waals surface area contributed by atoms with Crippen molar-refractivity contribution in [1.29, 1.82) is 0 Å². The molecule has 0 aromatic heterocycles. The number of anilines is 1. The minimum atomic E-state index is -3.63. The lowest BCUT2D eigenvalue weighted by Gasteiger charge is -2.25. The normalized spacial score (nSPS) is 12.5. The number of carbonyl (C=O) groups excluding carboxylic acids is 1. The molecule has 0 unspecified atom stereocenters. The van der Waals surface area contributed by atoms with Gasteiger partial charge in [0.15, 0.2) is 0 Å². The van der Waals surface area contributed by atoms with E-state index in [1.54, 1.807) is 25.1 Å². The van der Waals surface area contributed by atoms with Crippen LogP contribution in [0.1, 0.15) is 29.7 Å². The van der Waals surface area contributed by atoms with Crippen molar-refractivity contribution >= 4 is 33.2 Å². The average Bonchev–Trinajstić information content (AvgIpc) is 2.53. The molecule has 1 atom stereocenters. The number of amides is 1. The van der Waals surface area contributed by atoms with Crippen molar-refractivity contribution in [2.45, 2.75) is 26.8 Å². The Labute approximate surface area is 160 Å². The van der Waals surface area contributed by atoms with Crippen LogP contribution in [0.4, 0.5) is 5.69 Å². The highest BCUT2D eigenvalue weighted by Crippen LogP contribution is 2.25. The first-order valence-electron chi connectivity index (χ1n) is 8.17. The summed E-state index contributed by atoms with van der Waals surface area (Å²) in [5.74, 6) is -0.377. The summed E-state index contributed by atoms with van der Waals surface area (Å²) < 4.78 is 25.5. The molecule has 0 radical (unpaired) electrons. The third kappa shape index (κ3) is 5.22. The fourth-order valence-corrected chi connectivity index (χ4v) is 3.78. The first-order chi connectivity index (χ1) is 12.1. The Kier molecular flexibility index (Phi) is 6.31. The van der Waals surface area contributed by atoms with E-state index in [1.807, 2.05) is 38.1 Å². The second-order valence-corrected chi connectivity index (χ2v) is 8.74. The van der Waals surface area contributed by atoms with Crippen LogP contribution in [-0.2, 0) is 14.8 Å². The zero-order valence-corrected chi connectivity index (χ0v) is 16.9. The van der Waals surface area contributed by atoms with Gasteiger partial charge in [0.2, 0.25) is 15.9 Å². The van der Waals surface area contributed by atoms with Gasteiger partial charge in [0.05, 0.1) is 18.0 Å². The predicted molar refractivity (Wildman–Crippen MR) is 106 cm³/mol. The molecule has 1 amide bonds. The van der Waals surface area contributed by atoms with E-state index in [2.05, 4.69) is 5.32 Å². The topological polar surface area (TPSA) is 66.5 Å². The van der Waals surface area contributed by atoms with Crippen molar-refractivity contribution in [2.24, 2.45) is 0 Å². The van der Waals surface area contributed by atoms with Crippen LogP contribution < -0.4 is 9.62 Å². The molecule has 0 aliphatic carbocycles. The van der Waals surface area contributed by atoms with Crippen LogP contribution in [0.3, 0.4) is 0 Å². The van der Waals surface area contributed by atoms with Crippen LogP contribution in [0.25, 0.3) is 0 Å². The number of hydrogen-bond acceptors (Lipinski definition) is 3. The fourth-order valence-electron chi connectivity index (χ4n) is 2.64. The molecule has 0 aliphatic rings. The molecular formula is C19H23ClN2O3S. The maximum absolute atomic E-state index is 12.5. The Morgan fingerprint density at radius 1 is 1.15 bits per heavy atom. The average molecular weight is 395 g/mol. The molecule has 0 saturated heterocycles. The van der Waals surface area contributed by atoms with E-state index >= 15 is 0 Å². The maximum atomic E-state index is 12.5. The van der Waals surface area contributed by atoms with Crippen molar-refractivity contribution < 1.29 is 13.2 Å². The summed E-state index contributed by atoms with van der Waals surface area (Å²) in [4.78, 5) is 12.5. The minimum Gasteiger partial charge on any atom is -0.348 e. The summed E-state index contributed by atoms with van der Waals surface area (Å²) in [6, 6.07) is 12.5. The Morgan fingerprint density at radius 3 is 2.31 bits per heavy atom. The molecule has 2 aromatic carbocycles. The molecule has 1 N–H and O–H groups in total. The van der Waals surface area contributed by atoms with Gasteiger partial charge in [-0.05, 0) is 50.1 Å². The number of halogens is 1. The molecule has 5 nitrogen and oxygen atoms in total. The van der Waals surface area contributed by atoms with E-state index in [4.69, 9.17) is 11.6 Å². The van der Waals surface area contributed by atoms with Gasteiger partial charge in [0.1, 0.15) is 6.54 Å². The number of sulfonamides is 1. The SMILES string of the molecule is Cc1ccc([C@H](C)NC(=O)CN(c2ccc(Cl)cc2C)S(C)(=O)=O)cc1. The van der Waals surface area contributed by atoms with Crippen molar-refractivity contribution in [2.75, 3.05) is 17.1 Å². The lowest BCUT2D eigenvalue weighted by molar-refractivity contribution is -0.120. The number of nitrogens with zero attached hydrogens (tertiary/aromatic N) is 1. The Bertz CT molecular complexity index is 896. The summed E-state index contributed by atoms with van der Waals surface area (Å²) in [5, 5.41) is 3.36. The van der Waals surface area contributed by atoms with Gasteiger partial charge < -0.3 is 5.32 Å². The minimum absolute atomic E-state index is 0.226. The first-order valence-corrected chi connectivity index (χ1v) is 10.4. The number of benzene rings is 2. The summed E-state index contributed by atoms with van der Waals surface area (Å²) in [6.07, 6.45) is 1.08. The first kappa shape index (κ1) is 20.3. The molecule has 2 aromatic rings. The number of nitrogens with one attached hydrogen (secondary N) is 1. The quantitative estimate of drug-likeness (QED) is 0.813. The second-order valence-electron chi connectivity index (χ2n) is 6.40. The molecule has 0 spiro atoms. The van der Waals surface area contributed by atoms with Gasteiger partial charge in [-0.3, -0.25) is 9.10 Å². The molecule has 7 heteroatoms. The highest BCUT2D eigenvalue weighted by atomic mass is 35.5. The highest BCUT2D eigenvalue weighted by molar-refractivity contribution is 7.92. The van der Waals surface area contributed by atoms with Crippen LogP contribution in [-0.4, -0.2) is 27.1 Å². The summed E-state index contributed by atoms with van der Waals surface area (Å²) >= 11 is 5.94. The largest absolute Gasteiger partial charge is 0.348 e. The van der Waals surface area contributed by atoms with Crippen molar-refractivity contribution in [3.63, 3.8) is 0 Å². The summed E-state index contributed by atoms with van der Waals surface area (Å²) in [6.45, 7) is 5.32. The van der Waals surface area contributed by atoms with E-state index in [9.17, 15) is 13.2 Å². The van der Waals surface area contributed by atoms with E-state index in [0.717, 1.165) is 21.7 Å². The molecule has 140 valence electrons. The third-order valence-corrected chi connectivity index (χ3v) is 5.43. The van der Waals surface area contributed by atoms with Crippen molar-refractivity contribution in [3.8, 4) is 0 Å². The molecular weight excluding hydrogens is 372 g/mol. The van der Waals surface area contributed by atoms with Gasteiger partial charge in [-0.1, -0.05) is 41.4 Å². The number of aryl methyl sites for hydroxylation is 2. The van der Waals surface area contributed by atoms with Crippen LogP contribution in [0.2, 0.25) is 5.02 Å². The predicted octanol–water partition coefficient (Wildman–Crippen LogP) is 3.60. The van der Waals surface area contributed by atoms with Gasteiger partial charge >= 0.3 is 0 Å². The number of hydrogen-bond donors (Lipinski definition) is 1. The Hall–Kier alpha value is -2.05. The fraction of sp³-hybridized carbons (Fsp3) is 0.316. The zero-order valence-electron chi connectivity index (χ0n) is 15.3. The van der Waals surface area contributed by atoms with Crippen LogP contribution in [0.5, 0.6) is 0 Å². The lowest BCUT2D eigenvalue weighted by atomic mass is 10.1. The lowest BCUT2D eigenvalue weighted by Crippen LogP contribution is -2.41. The molecule has 0 aliphatic heterocycles. The van der Waals surface area contributed by atoms with E-state index in [-0.39, 0.29) is 18.5 Å². The van der Waals surface area contributed by atoms with E-state index < -0.39 is 10.0 Å². The molecule has 0 bridgehead atoms. The highest BCUT2D eigenvalue weighted by Gasteiger charge is 2.23. The maximum Gasteiger partial charge on any atom is 0.241 e. The molecule has 2 rings (SSSR count). The second kappa shape index (κ2) is 8.10. The van der Waals surface area contributed by atoms with Gasteiger partial charge in [0.25, 0.3) is 0 Å². The van der Waals surface area contributed by atoms with Crippen molar-refractivity contribution in [1.82, 2.24) is 5.32 Å². The van der Waals surface area contributed by atoms with E-state index in [1.165, 1.54) is 0 Å². The number of carbonyl (C=O) groups is 1. The third-order valence-electron chi connectivity index (χ3n) is 4.07. The van der Waals surface area contributed by atoms with Crippen LogP contribution >= 0.6 is 11.6 Å². The number of rotatable bonds is 6. The zero-order chi connectivity index (χ0) is 19.5. The Morgan fingerprint density at radius 2 is 1.77 bits per heavy atom. The Balaban J connectivity index is 2.18. The van der Waals surface area contributed by atoms with Gasteiger partial charge in [0, 0.05) is 5.02 Å². The monoisotopic (exact) mass is 394 g/mol. The van der Waals surface area contributed by atoms with Crippen molar-refractivity contribution in [3.05, 3.63) is 64.2 Å². The van der Waals surface area contributed by atoms with Crippen LogP contribution in [0, 0.1) is 13.8 Å². The van der Waals surface area contributed by atoms with Gasteiger partial charge in [-0.15, -0.1) is 0 Å². The molecule has 26 heavy (non-hydrogen) atoms.